The first-order chi connectivity index (χ1) is 6.90. The fourth-order valence-corrected chi connectivity index (χ4v) is 1.85. The third kappa shape index (κ3) is 2.20. The molecular formula is C8H13N3O2S. The van der Waals surface area contributed by atoms with Crippen molar-refractivity contribution in [2.75, 3.05) is 25.6 Å². The molecule has 1 unspecified atom stereocenters. The summed E-state index contributed by atoms with van der Waals surface area (Å²) in [6.07, 6.45) is 1.20. The monoisotopic (exact) mass is 215 g/mol. The highest BCUT2D eigenvalue weighted by atomic mass is 32.1. The van der Waals surface area contributed by atoms with E-state index >= 15 is 0 Å². The lowest BCUT2D eigenvalue weighted by Crippen LogP contribution is -2.12. The van der Waals surface area contributed by atoms with Crippen LogP contribution in [0.25, 0.3) is 0 Å². The van der Waals surface area contributed by atoms with E-state index in [2.05, 4.69) is 14.9 Å². The topological polar surface area (TPSA) is 56.3 Å². The summed E-state index contributed by atoms with van der Waals surface area (Å²) in [6.45, 7) is 2.02. The number of aromatic nitrogens is 2. The van der Waals surface area contributed by atoms with Crippen molar-refractivity contribution in [1.29, 1.82) is 0 Å². The van der Waals surface area contributed by atoms with Crippen LogP contribution in [0.15, 0.2) is 0 Å². The molecule has 1 aromatic rings. The molecule has 1 aliphatic rings. The van der Waals surface area contributed by atoms with E-state index in [0.717, 1.165) is 23.7 Å². The second-order valence-electron chi connectivity index (χ2n) is 3.10. The first kappa shape index (κ1) is 9.82. The van der Waals surface area contributed by atoms with Crippen LogP contribution in [0.5, 0.6) is 0 Å². The van der Waals surface area contributed by atoms with Crippen molar-refractivity contribution in [2.45, 2.75) is 19.1 Å². The first-order valence-corrected chi connectivity index (χ1v) is 5.36. The molecule has 0 aromatic carbocycles. The molecule has 0 bridgehead atoms. The molecule has 6 heteroatoms. The van der Waals surface area contributed by atoms with Gasteiger partial charge in [-0.25, -0.2) is 0 Å². The Morgan fingerprint density at radius 3 is 3.36 bits per heavy atom. The van der Waals surface area contributed by atoms with Crippen molar-refractivity contribution < 1.29 is 9.47 Å². The lowest BCUT2D eigenvalue weighted by Gasteiger charge is -2.08. The predicted molar refractivity (Wildman–Crippen MR) is 53.5 cm³/mol. The number of hydrogen-bond donors (Lipinski definition) is 1. The van der Waals surface area contributed by atoms with Crippen LogP contribution in [-0.2, 0) is 16.1 Å². The zero-order chi connectivity index (χ0) is 9.80. The van der Waals surface area contributed by atoms with E-state index in [4.69, 9.17) is 9.47 Å². The van der Waals surface area contributed by atoms with Crippen molar-refractivity contribution in [3.8, 4) is 0 Å². The quantitative estimate of drug-likeness (QED) is 0.808. The molecule has 78 valence electrons. The summed E-state index contributed by atoms with van der Waals surface area (Å²) in [5.41, 5.74) is 0.879. The lowest BCUT2D eigenvalue weighted by atomic mass is 10.3. The molecular weight excluding hydrogens is 202 g/mol. The predicted octanol–water partition coefficient (Wildman–Crippen LogP) is 0.885. The van der Waals surface area contributed by atoms with Gasteiger partial charge in [-0.2, -0.15) is 0 Å². The van der Waals surface area contributed by atoms with Gasteiger partial charge >= 0.3 is 0 Å². The smallest absolute Gasteiger partial charge is 0.135 e. The Hall–Kier alpha value is -0.720. The normalized spacial score (nSPS) is 21.4. The molecule has 0 saturated carbocycles. The van der Waals surface area contributed by atoms with E-state index in [-0.39, 0.29) is 6.10 Å². The summed E-state index contributed by atoms with van der Waals surface area (Å²) in [6, 6.07) is 0. The molecule has 1 fully saturated rings. The highest BCUT2D eigenvalue weighted by Crippen LogP contribution is 2.19. The molecule has 1 N–H and O–H groups in total. The molecule has 14 heavy (non-hydrogen) atoms. The van der Waals surface area contributed by atoms with Crippen molar-refractivity contribution in [3.05, 3.63) is 5.69 Å². The van der Waals surface area contributed by atoms with E-state index in [1.165, 1.54) is 11.5 Å². The maximum absolute atomic E-state index is 5.63. The standard InChI is InChI=1S/C8H13N3O2S/c1-9-8-7(10-11-14-8)5-13-6-2-3-12-4-6/h6,9H,2-5H2,1H3. The van der Waals surface area contributed by atoms with Gasteiger partial charge in [0.25, 0.3) is 0 Å². The Bertz CT molecular complexity index is 286. The maximum atomic E-state index is 5.63. The molecule has 2 heterocycles. The molecule has 1 aromatic heterocycles. The Balaban J connectivity index is 1.84. The molecule has 1 atom stereocenters. The maximum Gasteiger partial charge on any atom is 0.135 e. The zero-order valence-electron chi connectivity index (χ0n) is 8.02. The number of nitrogens with zero attached hydrogens (tertiary/aromatic N) is 2. The van der Waals surface area contributed by atoms with Gasteiger partial charge in [-0.15, -0.1) is 5.10 Å². The summed E-state index contributed by atoms with van der Waals surface area (Å²) in [7, 11) is 1.86. The second-order valence-corrected chi connectivity index (χ2v) is 3.85. The van der Waals surface area contributed by atoms with Crippen molar-refractivity contribution in [3.63, 3.8) is 0 Å². The van der Waals surface area contributed by atoms with Crippen LogP contribution in [-0.4, -0.2) is 36.0 Å². The molecule has 0 spiro atoms. The zero-order valence-corrected chi connectivity index (χ0v) is 8.84. The SMILES string of the molecule is CNc1snnc1COC1CCOC1. The highest BCUT2D eigenvalue weighted by molar-refractivity contribution is 7.10. The molecule has 0 aliphatic carbocycles. The van der Waals surface area contributed by atoms with Gasteiger partial charge < -0.3 is 14.8 Å². The minimum atomic E-state index is 0.224. The van der Waals surface area contributed by atoms with E-state index in [0.29, 0.717) is 13.2 Å². The Labute approximate surface area is 86.6 Å². The van der Waals surface area contributed by atoms with Crippen LogP contribution >= 0.6 is 11.5 Å². The van der Waals surface area contributed by atoms with Gasteiger partial charge in [-0.1, -0.05) is 4.49 Å². The summed E-state index contributed by atoms with van der Waals surface area (Å²) < 4.78 is 14.7. The number of nitrogens with one attached hydrogen (secondary N) is 1. The average molecular weight is 215 g/mol. The lowest BCUT2D eigenvalue weighted by molar-refractivity contribution is 0.0304. The van der Waals surface area contributed by atoms with Gasteiger partial charge in [-0.3, -0.25) is 0 Å². The molecule has 5 nitrogen and oxygen atoms in total. The van der Waals surface area contributed by atoms with Crippen LogP contribution in [0.3, 0.4) is 0 Å². The Kier molecular flexibility index (Phi) is 3.28. The fourth-order valence-electron chi connectivity index (χ4n) is 1.33. The van der Waals surface area contributed by atoms with Gasteiger partial charge in [0.05, 0.1) is 19.3 Å². The molecule has 2 rings (SSSR count). The average Bonchev–Trinajstić information content (AvgIpc) is 2.85. The molecule has 1 saturated heterocycles. The second kappa shape index (κ2) is 4.68. The molecule has 0 radical (unpaired) electrons. The summed E-state index contributed by atoms with van der Waals surface area (Å²) >= 11 is 1.35. The minimum absolute atomic E-state index is 0.224. The number of hydrogen-bond acceptors (Lipinski definition) is 6. The number of rotatable bonds is 4. The minimum Gasteiger partial charge on any atom is -0.379 e. The summed E-state index contributed by atoms with van der Waals surface area (Å²) in [5.74, 6) is 0. The van der Waals surface area contributed by atoms with Gasteiger partial charge in [0.2, 0.25) is 0 Å². The number of ether oxygens (including phenoxy) is 2. The van der Waals surface area contributed by atoms with Crippen molar-refractivity contribution in [2.24, 2.45) is 0 Å². The largest absolute Gasteiger partial charge is 0.379 e. The van der Waals surface area contributed by atoms with Crippen LogP contribution < -0.4 is 5.32 Å². The van der Waals surface area contributed by atoms with E-state index in [1.54, 1.807) is 0 Å². The van der Waals surface area contributed by atoms with Crippen molar-refractivity contribution in [1.82, 2.24) is 9.59 Å². The third-order valence-corrected chi connectivity index (χ3v) is 2.91. The summed E-state index contributed by atoms with van der Waals surface area (Å²) in [4.78, 5) is 0. The van der Waals surface area contributed by atoms with Gasteiger partial charge in [0.15, 0.2) is 0 Å². The molecule has 1 aliphatic heterocycles. The number of anilines is 1. The first-order valence-electron chi connectivity index (χ1n) is 4.58. The fraction of sp³-hybridized carbons (Fsp3) is 0.750. The van der Waals surface area contributed by atoms with E-state index < -0.39 is 0 Å². The van der Waals surface area contributed by atoms with Gasteiger partial charge in [0, 0.05) is 25.2 Å². The highest BCUT2D eigenvalue weighted by Gasteiger charge is 2.17. The molecule has 0 amide bonds. The van der Waals surface area contributed by atoms with E-state index in [9.17, 15) is 0 Å². The van der Waals surface area contributed by atoms with Crippen LogP contribution in [0, 0.1) is 0 Å². The summed E-state index contributed by atoms with van der Waals surface area (Å²) in [5, 5.41) is 8.00. The van der Waals surface area contributed by atoms with Crippen molar-refractivity contribution >= 4 is 16.5 Å². The van der Waals surface area contributed by atoms with Crippen LogP contribution in [0.1, 0.15) is 12.1 Å². The third-order valence-electron chi connectivity index (χ3n) is 2.13. The Morgan fingerprint density at radius 1 is 1.71 bits per heavy atom. The van der Waals surface area contributed by atoms with Crippen LogP contribution in [0.4, 0.5) is 5.00 Å². The Morgan fingerprint density at radius 2 is 2.64 bits per heavy atom. The van der Waals surface area contributed by atoms with E-state index in [1.807, 2.05) is 7.05 Å². The van der Waals surface area contributed by atoms with Crippen LogP contribution in [0.2, 0.25) is 0 Å². The van der Waals surface area contributed by atoms with Gasteiger partial charge in [-0.05, 0) is 6.42 Å². The van der Waals surface area contributed by atoms with Gasteiger partial charge in [0.1, 0.15) is 10.7 Å².